The minimum absolute atomic E-state index is 0.154. The monoisotopic (exact) mass is 308 g/mol. The van der Waals surface area contributed by atoms with Gasteiger partial charge in [-0.15, -0.1) is 0 Å². The summed E-state index contributed by atoms with van der Waals surface area (Å²) < 4.78 is 1.87. The zero-order valence-corrected chi connectivity index (χ0v) is 13.9. The molecule has 0 spiro atoms. The van der Waals surface area contributed by atoms with Crippen molar-refractivity contribution in [1.29, 1.82) is 0 Å². The van der Waals surface area contributed by atoms with Gasteiger partial charge in [0.15, 0.2) is 11.9 Å². The minimum Gasteiger partial charge on any atom is -0.298 e. The van der Waals surface area contributed by atoms with Crippen LogP contribution in [0, 0.1) is 6.92 Å². The molecule has 0 amide bonds. The summed E-state index contributed by atoms with van der Waals surface area (Å²) in [7, 11) is 0. The Morgan fingerprint density at radius 2 is 2.13 bits per heavy atom. The lowest BCUT2D eigenvalue weighted by Crippen LogP contribution is -2.06. The van der Waals surface area contributed by atoms with Crippen LogP contribution in [0.15, 0.2) is 24.5 Å². The van der Waals surface area contributed by atoms with Gasteiger partial charge in [0.1, 0.15) is 0 Å². The molecule has 0 bridgehead atoms. The molecule has 3 heterocycles. The second-order valence-corrected chi connectivity index (χ2v) is 5.94. The highest BCUT2D eigenvalue weighted by atomic mass is 16.1. The number of aromatic nitrogens is 4. The summed E-state index contributed by atoms with van der Waals surface area (Å²) in [4.78, 5) is 20.8. The number of aldehydes is 1. The van der Waals surface area contributed by atoms with E-state index in [0.29, 0.717) is 5.56 Å². The number of aryl methyl sites for hydroxylation is 2. The highest BCUT2D eigenvalue weighted by molar-refractivity contribution is 6.02. The summed E-state index contributed by atoms with van der Waals surface area (Å²) in [6, 6.07) is 3.93. The van der Waals surface area contributed by atoms with E-state index in [1.54, 1.807) is 12.4 Å². The molecular formula is C18H20N4O. The van der Waals surface area contributed by atoms with E-state index in [2.05, 4.69) is 23.9 Å². The first-order valence-corrected chi connectivity index (χ1v) is 7.84. The Balaban J connectivity index is 2.46. The van der Waals surface area contributed by atoms with Crippen LogP contribution in [0.5, 0.6) is 0 Å². The molecule has 3 rings (SSSR count). The van der Waals surface area contributed by atoms with E-state index in [1.165, 1.54) is 0 Å². The van der Waals surface area contributed by atoms with Crippen molar-refractivity contribution in [2.45, 2.75) is 40.2 Å². The van der Waals surface area contributed by atoms with Gasteiger partial charge in [-0.05, 0) is 37.5 Å². The fraction of sp³-hybridized carbons (Fsp3) is 0.333. The molecule has 3 aromatic heterocycles. The summed E-state index contributed by atoms with van der Waals surface area (Å²) in [5, 5.41) is 5.33. The average Bonchev–Trinajstić information content (AvgIpc) is 2.95. The number of carbonyl (C=O) groups excluding carboxylic acids is 1. The maximum Gasteiger partial charge on any atom is 0.158 e. The van der Waals surface area contributed by atoms with E-state index >= 15 is 0 Å². The number of rotatable bonds is 4. The maximum atomic E-state index is 11.8. The van der Waals surface area contributed by atoms with Crippen LogP contribution in [0.2, 0.25) is 0 Å². The Hall–Kier alpha value is -2.56. The van der Waals surface area contributed by atoms with E-state index in [-0.39, 0.29) is 5.92 Å². The van der Waals surface area contributed by atoms with E-state index in [4.69, 9.17) is 4.98 Å². The largest absolute Gasteiger partial charge is 0.298 e. The van der Waals surface area contributed by atoms with E-state index in [9.17, 15) is 4.79 Å². The Kier molecular flexibility index (Phi) is 3.94. The number of fused-ring (bicyclic) bond motifs is 1. The second-order valence-electron chi connectivity index (χ2n) is 5.94. The van der Waals surface area contributed by atoms with Crippen LogP contribution < -0.4 is 0 Å². The third-order valence-electron chi connectivity index (χ3n) is 4.00. The van der Waals surface area contributed by atoms with Crippen molar-refractivity contribution in [2.24, 2.45) is 0 Å². The zero-order valence-electron chi connectivity index (χ0n) is 13.9. The van der Waals surface area contributed by atoms with Gasteiger partial charge in [-0.1, -0.05) is 13.8 Å². The summed E-state index contributed by atoms with van der Waals surface area (Å²) in [5.74, 6) is 0.154. The molecule has 5 nitrogen and oxygen atoms in total. The van der Waals surface area contributed by atoms with E-state index in [1.807, 2.05) is 30.7 Å². The quantitative estimate of drug-likeness (QED) is 0.689. The smallest absolute Gasteiger partial charge is 0.158 e. The zero-order chi connectivity index (χ0) is 16.6. The first-order valence-electron chi connectivity index (χ1n) is 7.84. The fourth-order valence-electron chi connectivity index (χ4n) is 2.92. The molecule has 0 aromatic carbocycles. The second kappa shape index (κ2) is 5.91. The summed E-state index contributed by atoms with van der Waals surface area (Å²) in [6.45, 7) is 8.82. The summed E-state index contributed by atoms with van der Waals surface area (Å²) >= 11 is 0. The number of carbonyl (C=O) groups is 1. The van der Waals surface area contributed by atoms with Gasteiger partial charge in [0, 0.05) is 34.9 Å². The van der Waals surface area contributed by atoms with Gasteiger partial charge < -0.3 is 0 Å². The molecule has 0 saturated carbocycles. The van der Waals surface area contributed by atoms with Gasteiger partial charge >= 0.3 is 0 Å². The lowest BCUT2D eigenvalue weighted by Gasteiger charge is -2.15. The number of nitrogens with zero attached hydrogens (tertiary/aromatic N) is 4. The molecule has 0 atom stereocenters. The van der Waals surface area contributed by atoms with Crippen molar-refractivity contribution in [2.75, 3.05) is 0 Å². The predicted octanol–water partition coefficient (Wildman–Crippen LogP) is 3.76. The fourth-order valence-corrected chi connectivity index (χ4v) is 2.92. The van der Waals surface area contributed by atoms with Crippen molar-refractivity contribution < 1.29 is 4.79 Å². The van der Waals surface area contributed by atoms with Crippen molar-refractivity contribution in [1.82, 2.24) is 19.7 Å². The van der Waals surface area contributed by atoms with Crippen molar-refractivity contribution in [3.63, 3.8) is 0 Å². The standard InChI is InChI=1S/C18H20N4O/c1-5-22-18-14(9-20-22)16(13-6-7-19-12(4)8-13)15(10-23)17(21-18)11(2)3/h6-11H,5H2,1-4H3. The van der Waals surface area contributed by atoms with Crippen LogP contribution >= 0.6 is 0 Å². The van der Waals surface area contributed by atoms with Crippen LogP contribution in [0.1, 0.15) is 48.4 Å². The first-order chi connectivity index (χ1) is 11.1. The Labute approximate surface area is 135 Å². The Bertz CT molecular complexity index is 880. The first kappa shape index (κ1) is 15.3. The van der Waals surface area contributed by atoms with Gasteiger partial charge in [-0.25, -0.2) is 9.67 Å². The molecule has 5 heteroatoms. The van der Waals surface area contributed by atoms with E-state index in [0.717, 1.165) is 46.4 Å². The minimum atomic E-state index is 0.154. The molecular weight excluding hydrogens is 288 g/mol. The lowest BCUT2D eigenvalue weighted by molar-refractivity contribution is 0.112. The normalized spacial score (nSPS) is 11.3. The molecule has 0 aliphatic heterocycles. The van der Waals surface area contributed by atoms with Gasteiger partial charge in [0.25, 0.3) is 0 Å². The molecule has 0 unspecified atom stereocenters. The SMILES string of the molecule is CCn1ncc2c(-c3ccnc(C)c3)c(C=O)c(C(C)C)nc21. The van der Waals surface area contributed by atoms with Gasteiger partial charge in [0.2, 0.25) is 0 Å². The number of hydrogen-bond donors (Lipinski definition) is 0. The molecule has 118 valence electrons. The summed E-state index contributed by atoms with van der Waals surface area (Å²) in [6.07, 6.45) is 4.48. The van der Waals surface area contributed by atoms with E-state index < -0.39 is 0 Å². The van der Waals surface area contributed by atoms with Crippen molar-refractivity contribution in [3.8, 4) is 11.1 Å². The summed E-state index contributed by atoms with van der Waals surface area (Å²) in [5.41, 5.74) is 5.08. The molecule has 3 aromatic rings. The van der Waals surface area contributed by atoms with Crippen LogP contribution in [-0.2, 0) is 6.54 Å². The molecule has 0 aliphatic carbocycles. The highest BCUT2D eigenvalue weighted by Crippen LogP contribution is 2.34. The third kappa shape index (κ3) is 2.52. The lowest BCUT2D eigenvalue weighted by atomic mass is 9.93. The topological polar surface area (TPSA) is 60.7 Å². The average molecular weight is 308 g/mol. The predicted molar refractivity (Wildman–Crippen MR) is 90.6 cm³/mol. The molecule has 0 aliphatic rings. The van der Waals surface area contributed by atoms with Gasteiger partial charge in [-0.2, -0.15) is 5.10 Å². The van der Waals surface area contributed by atoms with Crippen molar-refractivity contribution in [3.05, 3.63) is 41.5 Å². The molecule has 23 heavy (non-hydrogen) atoms. The van der Waals surface area contributed by atoms with Crippen LogP contribution in [0.3, 0.4) is 0 Å². The third-order valence-corrected chi connectivity index (χ3v) is 4.00. The van der Waals surface area contributed by atoms with Crippen LogP contribution in [-0.4, -0.2) is 26.0 Å². The molecule has 0 N–H and O–H groups in total. The number of pyridine rings is 2. The van der Waals surface area contributed by atoms with Gasteiger partial charge in [-0.3, -0.25) is 9.78 Å². The van der Waals surface area contributed by atoms with Gasteiger partial charge in [0.05, 0.1) is 11.9 Å². The molecule has 0 radical (unpaired) electrons. The van der Waals surface area contributed by atoms with Crippen LogP contribution in [0.25, 0.3) is 22.2 Å². The van der Waals surface area contributed by atoms with Crippen LogP contribution in [0.4, 0.5) is 0 Å². The number of hydrogen-bond acceptors (Lipinski definition) is 4. The Morgan fingerprint density at radius 3 is 2.74 bits per heavy atom. The Morgan fingerprint density at radius 1 is 1.35 bits per heavy atom. The molecule has 0 fully saturated rings. The molecule has 0 saturated heterocycles. The maximum absolute atomic E-state index is 11.8. The highest BCUT2D eigenvalue weighted by Gasteiger charge is 2.20. The van der Waals surface area contributed by atoms with Crippen molar-refractivity contribution >= 4 is 17.3 Å².